The third-order valence-corrected chi connectivity index (χ3v) is 4.35. The average molecular weight is 282 g/mol. The molecule has 0 spiro atoms. The number of aryl methyl sites for hydroxylation is 2. The van der Waals surface area contributed by atoms with Gasteiger partial charge in [0.1, 0.15) is 0 Å². The molecule has 3 heteroatoms. The normalized spacial score (nSPS) is 10.8. The van der Waals surface area contributed by atoms with Crippen LogP contribution in [0.15, 0.2) is 48.5 Å². The predicted molar refractivity (Wildman–Crippen MR) is 87.6 cm³/mol. The van der Waals surface area contributed by atoms with Crippen LogP contribution in [0.25, 0.3) is 10.2 Å². The topological polar surface area (TPSA) is 24.9 Å². The molecular weight excluding hydrogens is 264 g/mol. The van der Waals surface area contributed by atoms with Crippen LogP contribution in [-0.4, -0.2) is 11.5 Å². The number of thiazole rings is 1. The van der Waals surface area contributed by atoms with Crippen LogP contribution in [0.5, 0.6) is 0 Å². The highest BCUT2D eigenvalue weighted by molar-refractivity contribution is 7.18. The molecule has 20 heavy (non-hydrogen) atoms. The minimum Gasteiger partial charge on any atom is -0.385 e. The zero-order valence-corrected chi connectivity index (χ0v) is 12.4. The molecule has 1 heterocycles. The monoisotopic (exact) mass is 282 g/mol. The molecule has 0 saturated heterocycles. The Morgan fingerprint density at radius 2 is 1.95 bits per heavy atom. The summed E-state index contributed by atoms with van der Waals surface area (Å²) in [6.07, 6.45) is 2.14. The minimum atomic E-state index is 0.985. The number of para-hydroxylation sites is 1. The number of anilines is 1. The highest BCUT2D eigenvalue weighted by atomic mass is 32.1. The molecule has 3 aromatic rings. The molecule has 2 nitrogen and oxygen atoms in total. The van der Waals surface area contributed by atoms with Crippen molar-refractivity contribution >= 4 is 27.2 Å². The van der Waals surface area contributed by atoms with Gasteiger partial charge in [-0.25, -0.2) is 4.98 Å². The molecule has 0 radical (unpaired) electrons. The largest absolute Gasteiger partial charge is 0.385 e. The van der Waals surface area contributed by atoms with Gasteiger partial charge in [-0.3, -0.25) is 0 Å². The second kappa shape index (κ2) is 6.06. The zero-order chi connectivity index (χ0) is 13.8. The molecule has 0 atom stereocenters. The summed E-state index contributed by atoms with van der Waals surface area (Å²) in [7, 11) is 0. The summed E-state index contributed by atoms with van der Waals surface area (Å²) in [5.41, 5.74) is 3.61. The second-order valence-electron chi connectivity index (χ2n) is 4.98. The van der Waals surface area contributed by atoms with Crippen LogP contribution in [-0.2, 0) is 6.42 Å². The van der Waals surface area contributed by atoms with Gasteiger partial charge in [0.15, 0.2) is 0 Å². The summed E-state index contributed by atoms with van der Waals surface area (Å²) in [6, 6.07) is 16.8. The lowest BCUT2D eigenvalue weighted by atomic mass is 10.2. The van der Waals surface area contributed by atoms with Crippen LogP contribution in [0.3, 0.4) is 0 Å². The molecule has 0 unspecified atom stereocenters. The summed E-state index contributed by atoms with van der Waals surface area (Å²) in [4.78, 5) is 4.71. The van der Waals surface area contributed by atoms with Crippen molar-refractivity contribution in [2.24, 2.45) is 0 Å². The summed E-state index contributed by atoms with van der Waals surface area (Å²) in [5.74, 6) is 0. The average Bonchev–Trinajstić information content (AvgIpc) is 2.86. The van der Waals surface area contributed by atoms with E-state index in [4.69, 9.17) is 4.98 Å². The Kier molecular flexibility index (Phi) is 3.97. The number of fused-ring (bicyclic) bond motifs is 1. The molecule has 0 aliphatic rings. The van der Waals surface area contributed by atoms with E-state index in [9.17, 15) is 0 Å². The Hall–Kier alpha value is -1.87. The first kappa shape index (κ1) is 13.1. The highest BCUT2D eigenvalue weighted by Gasteiger charge is 2.03. The quantitative estimate of drug-likeness (QED) is 0.689. The van der Waals surface area contributed by atoms with Crippen molar-refractivity contribution in [1.82, 2.24) is 4.98 Å². The van der Waals surface area contributed by atoms with Crippen molar-refractivity contribution in [3.8, 4) is 0 Å². The standard InChI is InChI=1S/C17H18N2S/c1-13-9-10-16-15(12-13)19-17(20-16)8-5-11-18-14-6-3-2-4-7-14/h2-4,6-7,9-10,12,18H,5,8,11H2,1H3. The first-order chi connectivity index (χ1) is 9.81. The smallest absolute Gasteiger partial charge is 0.0939 e. The third kappa shape index (κ3) is 3.17. The number of aromatic nitrogens is 1. The summed E-state index contributed by atoms with van der Waals surface area (Å²) in [6.45, 7) is 3.10. The molecule has 0 fully saturated rings. The van der Waals surface area contributed by atoms with Gasteiger partial charge in [0, 0.05) is 18.7 Å². The zero-order valence-electron chi connectivity index (χ0n) is 11.6. The van der Waals surface area contributed by atoms with Crippen LogP contribution in [0.1, 0.15) is 17.0 Å². The van der Waals surface area contributed by atoms with E-state index in [1.54, 1.807) is 0 Å². The van der Waals surface area contributed by atoms with Crippen LogP contribution < -0.4 is 5.32 Å². The molecule has 3 rings (SSSR count). The van der Waals surface area contributed by atoms with Crippen molar-refractivity contribution in [1.29, 1.82) is 0 Å². The van der Waals surface area contributed by atoms with E-state index in [0.29, 0.717) is 0 Å². The maximum Gasteiger partial charge on any atom is 0.0939 e. The molecule has 0 amide bonds. The van der Waals surface area contributed by atoms with Gasteiger partial charge < -0.3 is 5.32 Å². The Bertz CT molecular complexity index is 689. The van der Waals surface area contributed by atoms with E-state index >= 15 is 0 Å². The molecule has 2 aromatic carbocycles. The predicted octanol–water partition coefficient (Wildman–Crippen LogP) is 4.65. The SMILES string of the molecule is Cc1ccc2sc(CCCNc3ccccc3)nc2c1. The second-order valence-corrected chi connectivity index (χ2v) is 6.09. The molecule has 0 bridgehead atoms. The minimum absolute atomic E-state index is 0.985. The van der Waals surface area contributed by atoms with Gasteiger partial charge in [0.05, 0.1) is 15.2 Å². The van der Waals surface area contributed by atoms with Crippen LogP contribution in [0.4, 0.5) is 5.69 Å². The van der Waals surface area contributed by atoms with Crippen molar-refractivity contribution in [2.45, 2.75) is 19.8 Å². The number of nitrogens with zero attached hydrogens (tertiary/aromatic N) is 1. The number of hydrogen-bond donors (Lipinski definition) is 1. The van der Waals surface area contributed by atoms with E-state index in [-0.39, 0.29) is 0 Å². The van der Waals surface area contributed by atoms with E-state index in [0.717, 1.165) is 24.9 Å². The molecular formula is C17H18N2S. The maximum absolute atomic E-state index is 4.71. The Balaban J connectivity index is 1.55. The Morgan fingerprint density at radius 3 is 2.80 bits per heavy atom. The van der Waals surface area contributed by atoms with E-state index in [1.807, 2.05) is 17.4 Å². The summed E-state index contributed by atoms with van der Waals surface area (Å²) < 4.78 is 1.29. The van der Waals surface area contributed by atoms with Crippen molar-refractivity contribution < 1.29 is 0 Å². The number of benzene rings is 2. The van der Waals surface area contributed by atoms with E-state index in [1.165, 1.54) is 21.0 Å². The maximum atomic E-state index is 4.71. The van der Waals surface area contributed by atoms with E-state index in [2.05, 4.69) is 54.7 Å². The fourth-order valence-corrected chi connectivity index (χ4v) is 3.21. The first-order valence-corrected chi connectivity index (χ1v) is 7.78. The van der Waals surface area contributed by atoms with Crippen molar-refractivity contribution in [3.63, 3.8) is 0 Å². The number of rotatable bonds is 5. The molecule has 0 aliphatic carbocycles. The van der Waals surface area contributed by atoms with Crippen LogP contribution in [0.2, 0.25) is 0 Å². The van der Waals surface area contributed by atoms with Gasteiger partial charge in [-0.15, -0.1) is 11.3 Å². The molecule has 1 aromatic heterocycles. The Labute approximate surface area is 123 Å². The summed E-state index contributed by atoms with van der Waals surface area (Å²) in [5, 5.41) is 4.67. The van der Waals surface area contributed by atoms with Gasteiger partial charge in [-0.2, -0.15) is 0 Å². The van der Waals surface area contributed by atoms with E-state index < -0.39 is 0 Å². The third-order valence-electron chi connectivity index (χ3n) is 3.26. The van der Waals surface area contributed by atoms with Gasteiger partial charge >= 0.3 is 0 Å². The van der Waals surface area contributed by atoms with Crippen molar-refractivity contribution in [2.75, 3.05) is 11.9 Å². The van der Waals surface area contributed by atoms with Gasteiger partial charge in [-0.1, -0.05) is 24.3 Å². The van der Waals surface area contributed by atoms with Gasteiger partial charge in [-0.05, 0) is 43.2 Å². The van der Waals surface area contributed by atoms with Crippen LogP contribution >= 0.6 is 11.3 Å². The first-order valence-electron chi connectivity index (χ1n) is 6.96. The van der Waals surface area contributed by atoms with Crippen molar-refractivity contribution in [3.05, 3.63) is 59.1 Å². The number of hydrogen-bond acceptors (Lipinski definition) is 3. The lowest BCUT2D eigenvalue weighted by Gasteiger charge is -2.04. The number of nitrogens with one attached hydrogen (secondary N) is 1. The lowest BCUT2D eigenvalue weighted by Crippen LogP contribution is -2.02. The van der Waals surface area contributed by atoms with Gasteiger partial charge in [0.25, 0.3) is 0 Å². The highest BCUT2D eigenvalue weighted by Crippen LogP contribution is 2.23. The lowest BCUT2D eigenvalue weighted by molar-refractivity contribution is 0.857. The fraction of sp³-hybridized carbons (Fsp3) is 0.235. The Morgan fingerprint density at radius 1 is 1.10 bits per heavy atom. The van der Waals surface area contributed by atoms with Gasteiger partial charge in [0.2, 0.25) is 0 Å². The molecule has 1 N–H and O–H groups in total. The van der Waals surface area contributed by atoms with Crippen LogP contribution in [0, 0.1) is 6.92 Å². The molecule has 102 valence electrons. The molecule has 0 saturated carbocycles. The summed E-state index contributed by atoms with van der Waals surface area (Å²) >= 11 is 1.81. The fourth-order valence-electron chi connectivity index (χ4n) is 2.22. The molecule has 0 aliphatic heterocycles.